The van der Waals surface area contributed by atoms with Crippen LogP contribution in [0, 0.1) is 5.92 Å². The minimum atomic E-state index is -4.52. The monoisotopic (exact) mass is 501 g/mol. The lowest BCUT2D eigenvalue weighted by Crippen LogP contribution is -2.55. The third kappa shape index (κ3) is 4.99. The van der Waals surface area contributed by atoms with Crippen molar-refractivity contribution in [1.29, 1.82) is 0 Å². The molecule has 9 nitrogen and oxygen atoms in total. The molecule has 190 valence electrons. The molecule has 0 bridgehead atoms. The molecule has 0 saturated carbocycles. The predicted molar refractivity (Wildman–Crippen MR) is 126 cm³/mol. The van der Waals surface area contributed by atoms with E-state index in [1.807, 2.05) is 29.3 Å². The number of anilines is 1. The minimum Gasteiger partial charge on any atom is -0.366 e. The average Bonchev–Trinajstić information content (AvgIpc) is 3.24. The molecule has 0 aliphatic carbocycles. The quantitative estimate of drug-likeness (QED) is 0.553. The SMILES string of the molecule is NC(=O)c1ccc2ccn(CC3CN(CC(=O)N4CCN(c5cnc(C(F)(F)F)cn5)CC4)C3)c2c1. The molecule has 2 amide bonds. The molecule has 0 radical (unpaired) electrons. The van der Waals surface area contributed by atoms with Crippen molar-refractivity contribution < 1.29 is 22.8 Å². The molecule has 36 heavy (non-hydrogen) atoms. The van der Waals surface area contributed by atoms with Crippen LogP contribution in [0.25, 0.3) is 10.9 Å². The number of alkyl halides is 3. The molecular formula is C24H26F3N7O2. The fourth-order valence-corrected chi connectivity index (χ4v) is 4.80. The van der Waals surface area contributed by atoms with Crippen molar-refractivity contribution in [2.24, 2.45) is 11.7 Å². The summed E-state index contributed by atoms with van der Waals surface area (Å²) in [6.07, 6.45) is -0.649. The highest BCUT2D eigenvalue weighted by Crippen LogP contribution is 2.27. The number of aromatic nitrogens is 3. The van der Waals surface area contributed by atoms with Crippen LogP contribution in [0.5, 0.6) is 0 Å². The molecule has 2 saturated heterocycles. The second-order valence-electron chi connectivity index (χ2n) is 9.29. The highest BCUT2D eigenvalue weighted by Gasteiger charge is 2.34. The summed E-state index contributed by atoms with van der Waals surface area (Å²) in [6.45, 7) is 4.69. The number of benzene rings is 1. The van der Waals surface area contributed by atoms with Crippen molar-refractivity contribution in [3.8, 4) is 0 Å². The van der Waals surface area contributed by atoms with Crippen molar-refractivity contribution in [3.05, 3.63) is 54.1 Å². The molecular weight excluding hydrogens is 475 g/mol. The van der Waals surface area contributed by atoms with Crippen LogP contribution in [0.4, 0.5) is 19.0 Å². The van der Waals surface area contributed by atoms with E-state index in [0.29, 0.717) is 50.0 Å². The van der Waals surface area contributed by atoms with Gasteiger partial charge in [0, 0.05) is 69.0 Å². The summed E-state index contributed by atoms with van der Waals surface area (Å²) in [5.41, 5.74) is 5.84. The lowest BCUT2D eigenvalue weighted by molar-refractivity contribution is -0.141. The van der Waals surface area contributed by atoms with Crippen molar-refractivity contribution in [3.63, 3.8) is 0 Å². The molecule has 2 aliphatic rings. The number of amides is 2. The average molecular weight is 502 g/mol. The summed E-state index contributed by atoms with van der Waals surface area (Å²) in [5.74, 6) is 0.372. The zero-order chi connectivity index (χ0) is 25.4. The zero-order valence-corrected chi connectivity index (χ0v) is 19.5. The number of hydrogen-bond acceptors (Lipinski definition) is 6. The molecule has 5 rings (SSSR count). The summed E-state index contributed by atoms with van der Waals surface area (Å²) in [6, 6.07) is 7.44. The van der Waals surface area contributed by atoms with E-state index >= 15 is 0 Å². The first-order valence-corrected chi connectivity index (χ1v) is 11.7. The molecule has 0 unspecified atom stereocenters. The highest BCUT2D eigenvalue weighted by molar-refractivity contribution is 5.97. The second kappa shape index (κ2) is 9.41. The van der Waals surface area contributed by atoms with Gasteiger partial charge < -0.3 is 20.1 Å². The maximum absolute atomic E-state index is 12.8. The van der Waals surface area contributed by atoms with Gasteiger partial charge in [-0.1, -0.05) is 6.07 Å². The van der Waals surface area contributed by atoms with E-state index in [2.05, 4.69) is 19.4 Å². The lowest BCUT2D eigenvalue weighted by Gasteiger charge is -2.41. The van der Waals surface area contributed by atoms with Gasteiger partial charge in [-0.2, -0.15) is 13.2 Å². The van der Waals surface area contributed by atoms with Gasteiger partial charge in [-0.25, -0.2) is 9.97 Å². The van der Waals surface area contributed by atoms with Gasteiger partial charge in [0.25, 0.3) is 0 Å². The number of halogens is 3. The highest BCUT2D eigenvalue weighted by atomic mass is 19.4. The number of primary amides is 1. The molecule has 2 aromatic heterocycles. The minimum absolute atomic E-state index is 0.0455. The van der Waals surface area contributed by atoms with Gasteiger partial charge in [0.1, 0.15) is 5.82 Å². The maximum Gasteiger partial charge on any atom is 0.434 e. The number of piperazine rings is 1. The van der Waals surface area contributed by atoms with Gasteiger partial charge in [0.05, 0.1) is 18.9 Å². The third-order valence-electron chi connectivity index (χ3n) is 6.79. The second-order valence-corrected chi connectivity index (χ2v) is 9.29. The third-order valence-corrected chi connectivity index (χ3v) is 6.79. The van der Waals surface area contributed by atoms with E-state index in [1.165, 1.54) is 0 Å². The predicted octanol–water partition coefficient (Wildman–Crippen LogP) is 1.83. The molecule has 4 heterocycles. The molecule has 12 heteroatoms. The summed E-state index contributed by atoms with van der Waals surface area (Å²) < 4.78 is 40.2. The van der Waals surface area contributed by atoms with E-state index in [0.717, 1.165) is 42.9 Å². The van der Waals surface area contributed by atoms with Crippen LogP contribution < -0.4 is 10.6 Å². The van der Waals surface area contributed by atoms with Gasteiger partial charge in [-0.15, -0.1) is 0 Å². The fraction of sp³-hybridized carbons (Fsp3) is 0.417. The molecule has 0 spiro atoms. The van der Waals surface area contributed by atoms with Crippen molar-refractivity contribution >= 4 is 28.5 Å². The Morgan fingerprint density at radius 2 is 1.78 bits per heavy atom. The van der Waals surface area contributed by atoms with Crippen LogP contribution in [-0.2, 0) is 17.5 Å². The summed E-state index contributed by atoms with van der Waals surface area (Å²) in [5, 5.41) is 1.05. The topological polar surface area (TPSA) is 101 Å². The number of carbonyl (C=O) groups is 2. The van der Waals surface area contributed by atoms with Crippen LogP contribution in [0.15, 0.2) is 42.9 Å². The molecule has 2 fully saturated rings. The molecule has 2 N–H and O–H groups in total. The first kappa shape index (κ1) is 24.0. The standard InChI is InChI=1S/C24H26F3N7O2/c25-24(26,27)20-10-30-21(11-29-20)32-5-7-33(8-6-32)22(35)15-31-12-16(13-31)14-34-4-3-17-1-2-18(23(28)36)9-19(17)34/h1-4,9-11,16H,5-8,12-15H2,(H2,28,36). The Labute approximate surface area is 205 Å². The van der Waals surface area contributed by atoms with Gasteiger partial charge in [0.2, 0.25) is 11.8 Å². The first-order valence-electron chi connectivity index (χ1n) is 11.7. The van der Waals surface area contributed by atoms with Crippen molar-refractivity contribution in [1.82, 2.24) is 24.3 Å². The maximum atomic E-state index is 12.8. The number of carbonyl (C=O) groups excluding carboxylic acids is 2. The molecule has 1 aromatic carbocycles. The summed E-state index contributed by atoms with van der Waals surface area (Å²) in [4.78, 5) is 37.3. The normalized spacial score (nSPS) is 17.4. The van der Waals surface area contributed by atoms with E-state index in [4.69, 9.17) is 5.73 Å². The van der Waals surface area contributed by atoms with Gasteiger partial charge >= 0.3 is 6.18 Å². The fourth-order valence-electron chi connectivity index (χ4n) is 4.80. The Morgan fingerprint density at radius 3 is 2.42 bits per heavy atom. The van der Waals surface area contributed by atoms with Crippen LogP contribution in [0.3, 0.4) is 0 Å². The number of nitrogens with zero attached hydrogens (tertiary/aromatic N) is 6. The lowest BCUT2D eigenvalue weighted by atomic mass is 10.00. The molecule has 2 aliphatic heterocycles. The van der Waals surface area contributed by atoms with Crippen LogP contribution >= 0.6 is 0 Å². The van der Waals surface area contributed by atoms with Crippen LogP contribution in [0.2, 0.25) is 0 Å². The molecule has 0 atom stereocenters. The van der Waals surface area contributed by atoms with E-state index in [-0.39, 0.29) is 5.91 Å². The molecule has 3 aromatic rings. The number of likely N-dealkylation sites (tertiary alicyclic amines) is 1. The van der Waals surface area contributed by atoms with Gasteiger partial charge in [-0.05, 0) is 23.6 Å². The van der Waals surface area contributed by atoms with E-state index in [1.54, 1.807) is 11.0 Å². The Kier molecular flexibility index (Phi) is 6.29. The van der Waals surface area contributed by atoms with Crippen molar-refractivity contribution in [2.75, 3.05) is 50.7 Å². The van der Waals surface area contributed by atoms with Crippen LogP contribution in [-0.4, -0.2) is 82.0 Å². The van der Waals surface area contributed by atoms with E-state index < -0.39 is 17.8 Å². The summed E-state index contributed by atoms with van der Waals surface area (Å²) >= 11 is 0. The van der Waals surface area contributed by atoms with Crippen LogP contribution in [0.1, 0.15) is 16.1 Å². The van der Waals surface area contributed by atoms with E-state index in [9.17, 15) is 22.8 Å². The Bertz CT molecular complexity index is 1260. The Hall–Kier alpha value is -3.67. The van der Waals surface area contributed by atoms with Gasteiger partial charge in [0.15, 0.2) is 5.69 Å². The Morgan fingerprint density at radius 1 is 1.03 bits per heavy atom. The largest absolute Gasteiger partial charge is 0.434 e. The number of nitrogens with two attached hydrogens (primary N) is 1. The first-order chi connectivity index (χ1) is 17.2. The number of rotatable bonds is 6. The van der Waals surface area contributed by atoms with Gasteiger partial charge in [-0.3, -0.25) is 14.5 Å². The smallest absolute Gasteiger partial charge is 0.366 e. The number of fused-ring (bicyclic) bond motifs is 1. The number of hydrogen-bond donors (Lipinski definition) is 1. The Balaban J connectivity index is 1.08. The van der Waals surface area contributed by atoms with Crippen molar-refractivity contribution in [2.45, 2.75) is 12.7 Å². The summed E-state index contributed by atoms with van der Waals surface area (Å²) in [7, 11) is 0. The zero-order valence-electron chi connectivity index (χ0n) is 19.5.